The van der Waals surface area contributed by atoms with Crippen LogP contribution in [-0.2, 0) is 4.43 Å². The number of alkyl halides is 3. The molecule has 0 spiro atoms. The first-order valence-corrected chi connectivity index (χ1v) is 7.67. The molecule has 1 aromatic rings. The van der Waals surface area contributed by atoms with E-state index in [9.17, 15) is 0 Å². The molecule has 12 heavy (non-hydrogen) atoms. The SMILES string of the molecule is Clc1ccc(CI)c(C(I)I)c1. The van der Waals surface area contributed by atoms with Gasteiger partial charge in [-0.3, -0.25) is 0 Å². The molecule has 66 valence electrons. The van der Waals surface area contributed by atoms with Gasteiger partial charge in [-0.25, -0.2) is 0 Å². The summed E-state index contributed by atoms with van der Waals surface area (Å²) < 4.78 is 1.55. The Labute approximate surface area is 118 Å². The maximum Gasteiger partial charge on any atom is 0.0878 e. The number of hydrogen-bond acceptors (Lipinski definition) is 0. The molecule has 0 aliphatic rings. The van der Waals surface area contributed by atoms with Gasteiger partial charge in [0.2, 0.25) is 0 Å². The Hall–Kier alpha value is 1.70. The maximum absolute atomic E-state index is 5.91. The molecule has 0 nitrogen and oxygen atoms in total. The van der Waals surface area contributed by atoms with Crippen LogP contribution in [0.2, 0.25) is 5.02 Å². The fraction of sp³-hybridized carbons (Fsp3) is 0.250. The predicted molar refractivity (Wildman–Crippen MR) is 80.0 cm³/mol. The lowest BCUT2D eigenvalue weighted by atomic mass is 10.1. The van der Waals surface area contributed by atoms with Gasteiger partial charge in [-0.05, 0) is 23.3 Å². The van der Waals surface area contributed by atoms with Crippen molar-refractivity contribution >= 4 is 79.4 Å². The number of benzene rings is 1. The van der Waals surface area contributed by atoms with Gasteiger partial charge in [0.15, 0.2) is 0 Å². The van der Waals surface area contributed by atoms with Crippen LogP contribution in [-0.4, -0.2) is 0 Å². The standard InChI is InChI=1S/C8H6ClI3/c9-6-2-1-5(4-10)7(3-6)8(11)12/h1-3,8H,4H2. The van der Waals surface area contributed by atoms with Gasteiger partial charge in [0.05, 0.1) is 1.93 Å². The van der Waals surface area contributed by atoms with Gasteiger partial charge in [0, 0.05) is 9.45 Å². The predicted octanol–water partition coefficient (Wildman–Crippen LogP) is 5.14. The summed E-state index contributed by atoms with van der Waals surface area (Å²) in [6, 6.07) is 6.11. The minimum Gasteiger partial charge on any atom is -0.0843 e. The Balaban J connectivity index is 3.12. The summed E-state index contributed by atoms with van der Waals surface area (Å²) >= 11 is 13.1. The normalized spacial score (nSPS) is 10.8. The summed E-state index contributed by atoms with van der Waals surface area (Å²) in [4.78, 5) is 0. The quantitative estimate of drug-likeness (QED) is 0.376. The van der Waals surface area contributed by atoms with Gasteiger partial charge in [-0.1, -0.05) is 85.4 Å². The number of hydrogen-bond donors (Lipinski definition) is 0. The third-order valence-corrected chi connectivity index (χ3v) is 3.89. The number of halogens is 4. The molecule has 0 saturated heterocycles. The maximum atomic E-state index is 5.91. The molecule has 0 bridgehead atoms. The molecule has 0 saturated carbocycles. The molecule has 0 N–H and O–H groups in total. The van der Waals surface area contributed by atoms with Crippen LogP contribution in [0.25, 0.3) is 0 Å². The fourth-order valence-electron chi connectivity index (χ4n) is 0.891. The highest BCUT2D eigenvalue weighted by molar-refractivity contribution is 14.2. The fourth-order valence-corrected chi connectivity index (χ4v) is 2.93. The first-order chi connectivity index (χ1) is 5.65. The van der Waals surface area contributed by atoms with Gasteiger partial charge < -0.3 is 0 Å². The van der Waals surface area contributed by atoms with E-state index < -0.39 is 0 Å². The first-order valence-electron chi connectivity index (χ1n) is 3.27. The van der Waals surface area contributed by atoms with E-state index >= 15 is 0 Å². The molecule has 1 aromatic carbocycles. The highest BCUT2D eigenvalue weighted by Gasteiger charge is 2.08. The lowest BCUT2D eigenvalue weighted by Crippen LogP contribution is -1.88. The zero-order valence-corrected chi connectivity index (χ0v) is 13.3. The Morgan fingerprint density at radius 3 is 2.50 bits per heavy atom. The van der Waals surface area contributed by atoms with Crippen LogP contribution in [0, 0.1) is 0 Å². The van der Waals surface area contributed by atoms with Crippen molar-refractivity contribution in [1.82, 2.24) is 0 Å². The molecule has 1 rings (SSSR count). The third-order valence-electron chi connectivity index (χ3n) is 1.49. The van der Waals surface area contributed by atoms with Crippen LogP contribution in [0.15, 0.2) is 18.2 Å². The van der Waals surface area contributed by atoms with E-state index in [4.69, 9.17) is 11.6 Å². The minimum atomic E-state index is 0.503. The van der Waals surface area contributed by atoms with E-state index in [0.29, 0.717) is 1.93 Å². The van der Waals surface area contributed by atoms with Crippen molar-refractivity contribution in [2.24, 2.45) is 0 Å². The van der Waals surface area contributed by atoms with Gasteiger partial charge >= 0.3 is 0 Å². The molecule has 0 atom stereocenters. The summed E-state index contributed by atoms with van der Waals surface area (Å²) in [6.45, 7) is 0. The van der Waals surface area contributed by atoms with Crippen molar-refractivity contribution in [2.75, 3.05) is 0 Å². The monoisotopic (exact) mass is 518 g/mol. The van der Waals surface area contributed by atoms with E-state index in [2.05, 4.69) is 79.9 Å². The molecular formula is C8H6ClI3. The second-order valence-electron chi connectivity index (χ2n) is 2.28. The minimum absolute atomic E-state index is 0.503. The second kappa shape index (κ2) is 5.55. The van der Waals surface area contributed by atoms with E-state index in [1.807, 2.05) is 6.07 Å². The molecule has 0 aromatic heterocycles. The van der Waals surface area contributed by atoms with Crippen LogP contribution in [0.1, 0.15) is 13.1 Å². The molecular weight excluding hydrogens is 512 g/mol. The van der Waals surface area contributed by atoms with E-state index in [1.54, 1.807) is 0 Å². The van der Waals surface area contributed by atoms with Crippen molar-refractivity contribution < 1.29 is 0 Å². The van der Waals surface area contributed by atoms with Gasteiger partial charge in [-0.2, -0.15) is 0 Å². The molecule has 4 heteroatoms. The molecule has 0 heterocycles. The summed E-state index contributed by atoms with van der Waals surface area (Å²) in [6.07, 6.45) is 0. The van der Waals surface area contributed by atoms with E-state index in [-0.39, 0.29) is 0 Å². The molecule has 0 fully saturated rings. The lowest BCUT2D eigenvalue weighted by Gasteiger charge is -2.08. The highest BCUT2D eigenvalue weighted by Crippen LogP contribution is 2.35. The van der Waals surface area contributed by atoms with Crippen molar-refractivity contribution in [3.63, 3.8) is 0 Å². The first kappa shape index (κ1) is 11.8. The van der Waals surface area contributed by atoms with Crippen LogP contribution in [0.5, 0.6) is 0 Å². The third kappa shape index (κ3) is 3.13. The van der Waals surface area contributed by atoms with Crippen molar-refractivity contribution in [2.45, 2.75) is 6.36 Å². The average Bonchev–Trinajstić information content (AvgIpc) is 2.04. The van der Waals surface area contributed by atoms with Crippen molar-refractivity contribution in [3.05, 3.63) is 34.3 Å². The highest BCUT2D eigenvalue weighted by atomic mass is 127. The zero-order valence-electron chi connectivity index (χ0n) is 6.03. The van der Waals surface area contributed by atoms with E-state index in [1.165, 1.54) is 11.1 Å². The summed E-state index contributed by atoms with van der Waals surface area (Å²) in [5.41, 5.74) is 2.73. The zero-order chi connectivity index (χ0) is 9.14. The Bertz CT molecular complexity index is 273. The second-order valence-corrected chi connectivity index (χ2v) is 8.35. The molecule has 0 unspecified atom stereocenters. The average molecular weight is 518 g/mol. The van der Waals surface area contributed by atoms with Crippen LogP contribution in [0.4, 0.5) is 0 Å². The summed E-state index contributed by atoms with van der Waals surface area (Å²) in [5, 5.41) is 0.830. The largest absolute Gasteiger partial charge is 0.0878 e. The molecule has 0 amide bonds. The van der Waals surface area contributed by atoms with Crippen molar-refractivity contribution in [1.29, 1.82) is 0 Å². The summed E-state index contributed by atoms with van der Waals surface area (Å²) in [7, 11) is 0. The van der Waals surface area contributed by atoms with E-state index in [0.717, 1.165) is 9.45 Å². The Kier molecular flexibility index (Phi) is 5.44. The smallest absolute Gasteiger partial charge is 0.0843 e. The van der Waals surface area contributed by atoms with Gasteiger partial charge in [0.25, 0.3) is 0 Å². The van der Waals surface area contributed by atoms with Crippen LogP contribution in [0.3, 0.4) is 0 Å². The molecule has 0 aliphatic carbocycles. The van der Waals surface area contributed by atoms with Gasteiger partial charge in [-0.15, -0.1) is 0 Å². The molecule has 0 aliphatic heterocycles. The lowest BCUT2D eigenvalue weighted by molar-refractivity contribution is 1.33. The van der Waals surface area contributed by atoms with Crippen LogP contribution >= 0.6 is 79.4 Å². The van der Waals surface area contributed by atoms with Crippen LogP contribution < -0.4 is 0 Å². The van der Waals surface area contributed by atoms with Crippen molar-refractivity contribution in [3.8, 4) is 0 Å². The van der Waals surface area contributed by atoms with Gasteiger partial charge in [0.1, 0.15) is 0 Å². The topological polar surface area (TPSA) is 0 Å². The Morgan fingerprint density at radius 2 is 2.00 bits per heavy atom. The number of rotatable bonds is 2. The Morgan fingerprint density at radius 1 is 1.33 bits per heavy atom. The molecule has 0 radical (unpaired) electrons. The summed E-state index contributed by atoms with van der Waals surface area (Å²) in [5.74, 6) is 0.